The Balaban J connectivity index is 1.54. The van der Waals surface area contributed by atoms with Crippen molar-refractivity contribution in [3.05, 3.63) is 80.0 Å². The lowest BCUT2D eigenvalue weighted by atomic mass is 10.2. The molecule has 1 saturated carbocycles. The van der Waals surface area contributed by atoms with Crippen LogP contribution in [0.15, 0.2) is 58.1 Å². The second kappa shape index (κ2) is 10.7. The van der Waals surface area contributed by atoms with E-state index in [4.69, 9.17) is 11.6 Å². The standard InChI is InChI=1S/C25H27ClN4O4/c26-20-11-5-1-7-17(20)15-27-23(32)16-30-21-12-6-4-10-19(21)24(33)29(25(30)34)14-13-22(31)28-18-8-2-3-9-18/h1,4-7,10-12,18H,2-3,8-9,13-16H2,(H,27,32)(H,28,31). The number of carbonyl (C=O) groups is 2. The Kier molecular flexibility index (Phi) is 7.47. The number of fused-ring (bicyclic) bond motifs is 1. The lowest BCUT2D eigenvalue weighted by Crippen LogP contribution is -2.43. The summed E-state index contributed by atoms with van der Waals surface area (Å²) >= 11 is 6.15. The van der Waals surface area contributed by atoms with Crippen molar-refractivity contribution in [1.82, 2.24) is 19.8 Å². The summed E-state index contributed by atoms with van der Waals surface area (Å²) in [6, 6.07) is 14.0. The zero-order valence-electron chi connectivity index (χ0n) is 18.8. The van der Waals surface area contributed by atoms with Gasteiger partial charge in [-0.05, 0) is 36.6 Å². The fraction of sp³-hybridized carbons (Fsp3) is 0.360. The highest BCUT2D eigenvalue weighted by Gasteiger charge is 2.19. The number of amides is 2. The monoisotopic (exact) mass is 482 g/mol. The Morgan fingerprint density at radius 1 is 0.941 bits per heavy atom. The molecule has 2 N–H and O–H groups in total. The van der Waals surface area contributed by atoms with Gasteiger partial charge in [-0.1, -0.05) is 54.8 Å². The molecule has 0 radical (unpaired) electrons. The Morgan fingerprint density at radius 2 is 1.65 bits per heavy atom. The summed E-state index contributed by atoms with van der Waals surface area (Å²) in [6.07, 6.45) is 4.12. The normalized spacial score (nSPS) is 13.8. The van der Waals surface area contributed by atoms with E-state index in [9.17, 15) is 19.2 Å². The molecule has 1 aliphatic carbocycles. The molecule has 1 aliphatic rings. The minimum Gasteiger partial charge on any atom is -0.353 e. The fourth-order valence-corrected chi connectivity index (χ4v) is 4.54. The minimum absolute atomic E-state index is 0.0166. The third kappa shape index (κ3) is 5.39. The molecule has 34 heavy (non-hydrogen) atoms. The SMILES string of the molecule is O=C(Cn1c(=O)n(CCC(=O)NC2CCCC2)c(=O)c2ccccc21)NCc1ccccc1Cl. The molecule has 0 aliphatic heterocycles. The summed E-state index contributed by atoms with van der Waals surface area (Å²) in [6.45, 7) is -0.104. The molecular formula is C25H27ClN4O4. The average Bonchev–Trinajstić information content (AvgIpc) is 3.34. The van der Waals surface area contributed by atoms with Gasteiger partial charge in [-0.2, -0.15) is 0 Å². The molecule has 0 atom stereocenters. The van der Waals surface area contributed by atoms with Crippen molar-refractivity contribution < 1.29 is 9.59 Å². The van der Waals surface area contributed by atoms with Gasteiger partial charge in [0.25, 0.3) is 5.56 Å². The second-order valence-electron chi connectivity index (χ2n) is 8.51. The Morgan fingerprint density at radius 3 is 2.41 bits per heavy atom. The highest BCUT2D eigenvalue weighted by atomic mass is 35.5. The topological polar surface area (TPSA) is 102 Å². The van der Waals surface area contributed by atoms with Crippen LogP contribution in [-0.4, -0.2) is 27.0 Å². The molecule has 4 rings (SSSR count). The van der Waals surface area contributed by atoms with Crippen molar-refractivity contribution >= 4 is 34.3 Å². The molecule has 0 bridgehead atoms. The average molecular weight is 483 g/mol. The largest absolute Gasteiger partial charge is 0.353 e. The zero-order chi connectivity index (χ0) is 24.1. The zero-order valence-corrected chi connectivity index (χ0v) is 19.5. The number of hydrogen-bond acceptors (Lipinski definition) is 4. The second-order valence-corrected chi connectivity index (χ2v) is 8.92. The maximum atomic E-state index is 13.2. The van der Waals surface area contributed by atoms with Crippen molar-refractivity contribution in [2.75, 3.05) is 0 Å². The van der Waals surface area contributed by atoms with Crippen LogP contribution in [0.4, 0.5) is 0 Å². The number of rotatable bonds is 8. The van der Waals surface area contributed by atoms with E-state index >= 15 is 0 Å². The van der Waals surface area contributed by atoms with E-state index in [1.165, 1.54) is 4.57 Å². The lowest BCUT2D eigenvalue weighted by Gasteiger charge is -2.15. The summed E-state index contributed by atoms with van der Waals surface area (Å²) in [7, 11) is 0. The molecule has 1 heterocycles. The molecule has 3 aromatic rings. The van der Waals surface area contributed by atoms with Crippen molar-refractivity contribution in [3.63, 3.8) is 0 Å². The van der Waals surface area contributed by atoms with E-state index in [0.29, 0.717) is 15.9 Å². The first-order valence-corrected chi connectivity index (χ1v) is 11.8. The third-order valence-corrected chi connectivity index (χ3v) is 6.52. The minimum atomic E-state index is -0.620. The van der Waals surface area contributed by atoms with Crippen molar-refractivity contribution in [1.29, 1.82) is 0 Å². The van der Waals surface area contributed by atoms with Crippen molar-refractivity contribution in [3.8, 4) is 0 Å². The Bertz CT molecular complexity index is 1320. The van der Waals surface area contributed by atoms with E-state index < -0.39 is 17.2 Å². The number of nitrogens with one attached hydrogen (secondary N) is 2. The molecule has 1 aromatic heterocycles. The van der Waals surface area contributed by atoms with Gasteiger partial charge >= 0.3 is 5.69 Å². The summed E-state index contributed by atoms with van der Waals surface area (Å²) in [4.78, 5) is 51.3. The highest BCUT2D eigenvalue weighted by molar-refractivity contribution is 6.31. The molecule has 2 aromatic carbocycles. The van der Waals surface area contributed by atoms with Gasteiger partial charge < -0.3 is 10.6 Å². The van der Waals surface area contributed by atoms with Crippen LogP contribution < -0.4 is 21.9 Å². The van der Waals surface area contributed by atoms with Crippen LogP contribution in [0.3, 0.4) is 0 Å². The quantitative estimate of drug-likeness (QED) is 0.515. The van der Waals surface area contributed by atoms with E-state index in [1.54, 1.807) is 42.5 Å². The van der Waals surface area contributed by atoms with E-state index in [2.05, 4.69) is 10.6 Å². The number of carbonyl (C=O) groups excluding carboxylic acids is 2. The van der Waals surface area contributed by atoms with Crippen molar-refractivity contribution in [2.45, 2.75) is 57.8 Å². The first kappa shape index (κ1) is 23.8. The molecule has 178 valence electrons. The number of benzene rings is 2. The van der Waals surface area contributed by atoms with Crippen LogP contribution >= 0.6 is 11.6 Å². The van der Waals surface area contributed by atoms with Gasteiger partial charge in [0.15, 0.2) is 0 Å². The maximum absolute atomic E-state index is 13.2. The number of nitrogens with zero attached hydrogens (tertiary/aromatic N) is 2. The summed E-state index contributed by atoms with van der Waals surface area (Å²) in [5.74, 6) is -0.577. The van der Waals surface area contributed by atoms with E-state index in [1.807, 2.05) is 6.07 Å². The maximum Gasteiger partial charge on any atom is 0.331 e. The van der Waals surface area contributed by atoms with E-state index in [-0.39, 0.29) is 38.0 Å². The number of hydrogen-bond donors (Lipinski definition) is 2. The Hall–Kier alpha value is -3.39. The van der Waals surface area contributed by atoms with Gasteiger partial charge in [-0.25, -0.2) is 4.79 Å². The fourth-order valence-electron chi connectivity index (χ4n) is 4.34. The molecule has 8 nitrogen and oxygen atoms in total. The van der Waals surface area contributed by atoms with Gasteiger partial charge in [-0.15, -0.1) is 0 Å². The highest BCUT2D eigenvalue weighted by Crippen LogP contribution is 2.17. The molecule has 0 spiro atoms. The molecule has 9 heteroatoms. The predicted octanol–water partition coefficient (Wildman–Crippen LogP) is 2.58. The lowest BCUT2D eigenvalue weighted by molar-refractivity contribution is -0.122. The number of halogens is 1. The van der Waals surface area contributed by atoms with Gasteiger partial charge in [0.2, 0.25) is 11.8 Å². The van der Waals surface area contributed by atoms with Crippen LogP contribution in [0.2, 0.25) is 5.02 Å². The van der Waals surface area contributed by atoms with Gasteiger partial charge in [0.1, 0.15) is 6.54 Å². The van der Waals surface area contributed by atoms with Crippen LogP contribution in [-0.2, 0) is 29.2 Å². The van der Waals surface area contributed by atoms with Gasteiger partial charge in [0.05, 0.1) is 10.9 Å². The predicted molar refractivity (Wildman–Crippen MR) is 131 cm³/mol. The molecule has 1 fully saturated rings. The first-order valence-electron chi connectivity index (χ1n) is 11.5. The molecule has 2 amide bonds. The summed E-state index contributed by atoms with van der Waals surface area (Å²) < 4.78 is 2.31. The van der Waals surface area contributed by atoms with Gasteiger partial charge in [0, 0.05) is 30.6 Å². The molecular weight excluding hydrogens is 456 g/mol. The third-order valence-electron chi connectivity index (χ3n) is 6.15. The molecule has 0 unspecified atom stereocenters. The summed E-state index contributed by atoms with van der Waals surface area (Å²) in [5.41, 5.74) is 0.0391. The van der Waals surface area contributed by atoms with Crippen LogP contribution in [0.1, 0.15) is 37.7 Å². The van der Waals surface area contributed by atoms with Crippen LogP contribution in [0, 0.1) is 0 Å². The van der Waals surface area contributed by atoms with Crippen molar-refractivity contribution in [2.24, 2.45) is 0 Å². The van der Waals surface area contributed by atoms with Crippen LogP contribution in [0.5, 0.6) is 0 Å². The first-order chi connectivity index (χ1) is 16.4. The molecule has 0 saturated heterocycles. The number of aromatic nitrogens is 2. The summed E-state index contributed by atoms with van der Waals surface area (Å²) in [5, 5.41) is 6.59. The smallest absolute Gasteiger partial charge is 0.331 e. The Labute approximate surface area is 201 Å². The number of para-hydroxylation sites is 1. The van der Waals surface area contributed by atoms with Crippen LogP contribution in [0.25, 0.3) is 10.9 Å². The van der Waals surface area contributed by atoms with Gasteiger partial charge in [-0.3, -0.25) is 23.5 Å². The van der Waals surface area contributed by atoms with E-state index in [0.717, 1.165) is 35.8 Å².